The Hall–Kier alpha value is -0.0400. The zero-order chi connectivity index (χ0) is 11.6. The van der Waals surface area contributed by atoms with Gasteiger partial charge in [0, 0.05) is 12.1 Å². The lowest BCUT2D eigenvalue weighted by molar-refractivity contribution is 0.262. The second-order valence-corrected chi connectivity index (χ2v) is 6.90. The van der Waals surface area contributed by atoms with Gasteiger partial charge in [-0.15, -0.1) is 0 Å². The van der Waals surface area contributed by atoms with Crippen LogP contribution in [-0.2, 0) is 0 Å². The Morgan fingerprint density at radius 3 is 2.19 bits per heavy atom. The Bertz CT molecular complexity index is 213. The Morgan fingerprint density at radius 1 is 1.00 bits per heavy atom. The van der Waals surface area contributed by atoms with E-state index in [0.29, 0.717) is 5.41 Å². The SMILES string of the molecule is CCC1CCC(NC2CCC(C)(C)C2)CC1. The van der Waals surface area contributed by atoms with E-state index < -0.39 is 0 Å². The van der Waals surface area contributed by atoms with Gasteiger partial charge in [0.15, 0.2) is 0 Å². The van der Waals surface area contributed by atoms with Crippen molar-refractivity contribution in [1.82, 2.24) is 5.32 Å². The first-order valence-electron chi connectivity index (χ1n) is 7.35. The van der Waals surface area contributed by atoms with Crippen LogP contribution in [0, 0.1) is 11.3 Å². The van der Waals surface area contributed by atoms with Crippen LogP contribution in [0.1, 0.15) is 72.1 Å². The van der Waals surface area contributed by atoms with Crippen LogP contribution >= 0.6 is 0 Å². The second-order valence-electron chi connectivity index (χ2n) is 6.90. The first-order chi connectivity index (χ1) is 7.59. The van der Waals surface area contributed by atoms with Gasteiger partial charge in [0.25, 0.3) is 0 Å². The summed E-state index contributed by atoms with van der Waals surface area (Å²) in [5, 5.41) is 3.92. The van der Waals surface area contributed by atoms with Crippen molar-refractivity contribution >= 4 is 0 Å². The van der Waals surface area contributed by atoms with E-state index in [1.807, 2.05) is 0 Å². The molecule has 0 spiro atoms. The van der Waals surface area contributed by atoms with Gasteiger partial charge in [-0.1, -0.05) is 27.2 Å². The minimum atomic E-state index is 0.596. The molecule has 0 heterocycles. The third-order valence-electron chi connectivity index (χ3n) is 4.86. The first-order valence-corrected chi connectivity index (χ1v) is 7.35. The summed E-state index contributed by atoms with van der Waals surface area (Å²) in [6.07, 6.45) is 11.4. The van der Waals surface area contributed by atoms with Gasteiger partial charge in [-0.3, -0.25) is 0 Å². The van der Waals surface area contributed by atoms with Crippen LogP contribution in [0.25, 0.3) is 0 Å². The Balaban J connectivity index is 1.71. The van der Waals surface area contributed by atoms with Crippen molar-refractivity contribution in [2.24, 2.45) is 11.3 Å². The molecule has 0 bridgehead atoms. The summed E-state index contributed by atoms with van der Waals surface area (Å²) in [5.41, 5.74) is 0.596. The highest BCUT2D eigenvalue weighted by molar-refractivity contribution is 4.89. The van der Waals surface area contributed by atoms with Crippen molar-refractivity contribution in [3.8, 4) is 0 Å². The first kappa shape index (κ1) is 12.4. The number of nitrogens with one attached hydrogen (secondary N) is 1. The van der Waals surface area contributed by atoms with Gasteiger partial charge in [0.2, 0.25) is 0 Å². The molecule has 2 saturated carbocycles. The summed E-state index contributed by atoms with van der Waals surface area (Å²) in [6, 6.07) is 1.65. The summed E-state index contributed by atoms with van der Waals surface area (Å²) >= 11 is 0. The average Bonchev–Trinajstić information content (AvgIpc) is 2.59. The van der Waals surface area contributed by atoms with Gasteiger partial charge in [-0.2, -0.15) is 0 Å². The lowest BCUT2D eigenvalue weighted by Crippen LogP contribution is -2.39. The highest BCUT2D eigenvalue weighted by atomic mass is 15.0. The lowest BCUT2D eigenvalue weighted by Gasteiger charge is -2.31. The van der Waals surface area contributed by atoms with Crippen molar-refractivity contribution in [3.05, 3.63) is 0 Å². The van der Waals surface area contributed by atoms with Gasteiger partial charge in [-0.25, -0.2) is 0 Å². The average molecular weight is 223 g/mol. The lowest BCUT2D eigenvalue weighted by atomic mass is 9.84. The van der Waals surface area contributed by atoms with Gasteiger partial charge in [0.1, 0.15) is 0 Å². The van der Waals surface area contributed by atoms with E-state index in [-0.39, 0.29) is 0 Å². The van der Waals surface area contributed by atoms with E-state index >= 15 is 0 Å². The Labute approximate surface area is 101 Å². The van der Waals surface area contributed by atoms with Gasteiger partial charge in [-0.05, 0) is 56.3 Å². The molecule has 0 saturated heterocycles. The fraction of sp³-hybridized carbons (Fsp3) is 1.00. The highest BCUT2D eigenvalue weighted by Gasteiger charge is 2.32. The fourth-order valence-corrected chi connectivity index (χ4v) is 3.65. The Morgan fingerprint density at radius 2 is 1.69 bits per heavy atom. The van der Waals surface area contributed by atoms with E-state index in [4.69, 9.17) is 0 Å². The summed E-state index contributed by atoms with van der Waals surface area (Å²) in [7, 11) is 0. The molecule has 2 fully saturated rings. The number of rotatable bonds is 3. The van der Waals surface area contributed by atoms with Crippen molar-refractivity contribution in [2.75, 3.05) is 0 Å². The van der Waals surface area contributed by atoms with E-state index in [9.17, 15) is 0 Å². The summed E-state index contributed by atoms with van der Waals surface area (Å²) < 4.78 is 0. The number of hydrogen-bond donors (Lipinski definition) is 1. The van der Waals surface area contributed by atoms with Gasteiger partial charge < -0.3 is 5.32 Å². The largest absolute Gasteiger partial charge is 0.311 e. The monoisotopic (exact) mass is 223 g/mol. The van der Waals surface area contributed by atoms with E-state index in [1.54, 1.807) is 0 Å². The van der Waals surface area contributed by atoms with E-state index in [2.05, 4.69) is 26.1 Å². The molecular weight excluding hydrogens is 194 g/mol. The summed E-state index contributed by atoms with van der Waals surface area (Å²) in [5.74, 6) is 1.03. The second kappa shape index (κ2) is 5.08. The molecule has 1 atom stereocenters. The smallest absolute Gasteiger partial charge is 0.00749 e. The van der Waals surface area contributed by atoms with Crippen LogP contribution in [-0.4, -0.2) is 12.1 Å². The van der Waals surface area contributed by atoms with Crippen LogP contribution in [0.2, 0.25) is 0 Å². The molecule has 0 amide bonds. The van der Waals surface area contributed by atoms with Crippen LogP contribution in [0.15, 0.2) is 0 Å². The quantitative estimate of drug-likeness (QED) is 0.759. The molecule has 2 aliphatic carbocycles. The molecule has 0 aromatic rings. The molecule has 16 heavy (non-hydrogen) atoms. The van der Waals surface area contributed by atoms with Crippen molar-refractivity contribution < 1.29 is 0 Å². The zero-order valence-corrected chi connectivity index (χ0v) is 11.4. The molecular formula is C15H29N. The van der Waals surface area contributed by atoms with Crippen molar-refractivity contribution in [1.29, 1.82) is 0 Å². The molecule has 2 aliphatic rings. The molecule has 0 aliphatic heterocycles. The normalized spacial score (nSPS) is 38.8. The predicted molar refractivity (Wildman–Crippen MR) is 70.6 cm³/mol. The highest BCUT2D eigenvalue weighted by Crippen LogP contribution is 2.38. The predicted octanol–water partition coefficient (Wildman–Crippen LogP) is 4.12. The van der Waals surface area contributed by atoms with Crippen LogP contribution in [0.5, 0.6) is 0 Å². The molecule has 1 N–H and O–H groups in total. The van der Waals surface area contributed by atoms with Gasteiger partial charge >= 0.3 is 0 Å². The molecule has 1 unspecified atom stereocenters. The van der Waals surface area contributed by atoms with E-state index in [0.717, 1.165) is 18.0 Å². The molecule has 1 nitrogen and oxygen atoms in total. The maximum atomic E-state index is 3.92. The Kier molecular flexibility index (Phi) is 3.94. The van der Waals surface area contributed by atoms with Crippen molar-refractivity contribution in [3.63, 3.8) is 0 Å². The summed E-state index contributed by atoms with van der Waals surface area (Å²) in [6.45, 7) is 7.18. The molecule has 2 rings (SSSR count). The van der Waals surface area contributed by atoms with E-state index in [1.165, 1.54) is 51.4 Å². The standard InChI is InChI=1S/C15H29N/c1-4-12-5-7-13(8-6-12)16-14-9-10-15(2,3)11-14/h12-14,16H,4-11H2,1-3H3. The van der Waals surface area contributed by atoms with Crippen molar-refractivity contribution in [2.45, 2.75) is 84.2 Å². The molecule has 1 heteroatoms. The minimum absolute atomic E-state index is 0.596. The third kappa shape index (κ3) is 3.23. The molecule has 0 radical (unpaired) electrons. The maximum absolute atomic E-state index is 3.92. The fourth-order valence-electron chi connectivity index (χ4n) is 3.65. The minimum Gasteiger partial charge on any atom is -0.311 e. The topological polar surface area (TPSA) is 12.0 Å². The zero-order valence-electron chi connectivity index (χ0n) is 11.4. The summed E-state index contributed by atoms with van der Waals surface area (Å²) in [4.78, 5) is 0. The van der Waals surface area contributed by atoms with Crippen LogP contribution in [0.3, 0.4) is 0 Å². The third-order valence-corrected chi connectivity index (χ3v) is 4.86. The molecule has 94 valence electrons. The number of hydrogen-bond acceptors (Lipinski definition) is 1. The maximum Gasteiger partial charge on any atom is 0.00749 e. The molecule has 0 aromatic heterocycles. The molecule has 0 aromatic carbocycles. The van der Waals surface area contributed by atoms with Crippen LogP contribution in [0.4, 0.5) is 0 Å². The van der Waals surface area contributed by atoms with Crippen LogP contribution < -0.4 is 5.32 Å². The van der Waals surface area contributed by atoms with Gasteiger partial charge in [0.05, 0.1) is 0 Å².